The molecule has 1 atom stereocenters. The van der Waals surface area contributed by atoms with E-state index in [1.54, 1.807) is 12.1 Å². The lowest BCUT2D eigenvalue weighted by Gasteiger charge is -2.28. The van der Waals surface area contributed by atoms with Crippen LogP contribution >= 0.6 is 0 Å². The molecule has 2 aromatic carbocycles. The number of benzene rings is 2. The van der Waals surface area contributed by atoms with Gasteiger partial charge in [-0.3, -0.25) is 9.59 Å². The zero-order chi connectivity index (χ0) is 28.6. The Morgan fingerprint density at radius 3 is 2.23 bits per heavy atom. The highest BCUT2D eigenvalue weighted by Gasteiger charge is 2.25. The summed E-state index contributed by atoms with van der Waals surface area (Å²) in [5.41, 5.74) is -0.251. The Morgan fingerprint density at radius 1 is 0.949 bits per heavy atom. The minimum atomic E-state index is -0.809. The van der Waals surface area contributed by atoms with E-state index in [1.807, 2.05) is 34.6 Å². The number of ketones is 1. The second-order valence-electron chi connectivity index (χ2n) is 11.2. The Labute approximate surface area is 230 Å². The van der Waals surface area contributed by atoms with Crippen LogP contribution in [0.25, 0.3) is 0 Å². The largest absolute Gasteiger partial charge is 0.494 e. The fourth-order valence-corrected chi connectivity index (χ4v) is 4.14. The molecule has 0 saturated carbocycles. The van der Waals surface area contributed by atoms with Crippen molar-refractivity contribution in [3.8, 4) is 11.5 Å². The van der Waals surface area contributed by atoms with Gasteiger partial charge in [0.15, 0.2) is 17.3 Å². The van der Waals surface area contributed by atoms with Gasteiger partial charge >= 0.3 is 0 Å². The Hall–Kier alpha value is -3.01. The van der Waals surface area contributed by atoms with Gasteiger partial charge in [0.05, 0.1) is 24.9 Å². The van der Waals surface area contributed by atoms with Crippen molar-refractivity contribution < 1.29 is 32.9 Å². The Balaban J connectivity index is 1.66. The number of rotatable bonds is 13. The van der Waals surface area contributed by atoms with Gasteiger partial charge in [-0.1, -0.05) is 12.1 Å². The van der Waals surface area contributed by atoms with Crippen LogP contribution in [0, 0.1) is 5.82 Å². The lowest BCUT2D eigenvalue weighted by molar-refractivity contribution is -0.0717. The molecule has 1 aliphatic heterocycles. The molecule has 39 heavy (non-hydrogen) atoms. The number of methoxy groups -OCH3 is 1. The first-order chi connectivity index (χ1) is 18.4. The van der Waals surface area contributed by atoms with Crippen molar-refractivity contribution in [3.63, 3.8) is 0 Å². The van der Waals surface area contributed by atoms with E-state index in [2.05, 4.69) is 10.6 Å². The number of halogens is 1. The first-order valence-electron chi connectivity index (χ1n) is 13.3. The third-order valence-electron chi connectivity index (χ3n) is 6.39. The van der Waals surface area contributed by atoms with Crippen LogP contribution in [0.3, 0.4) is 0 Å². The van der Waals surface area contributed by atoms with E-state index in [-0.39, 0.29) is 53.4 Å². The van der Waals surface area contributed by atoms with Gasteiger partial charge < -0.3 is 29.6 Å². The predicted molar refractivity (Wildman–Crippen MR) is 147 cm³/mol. The molecular weight excluding hydrogens is 503 g/mol. The molecule has 2 aromatic rings. The van der Waals surface area contributed by atoms with Crippen molar-refractivity contribution in [2.75, 3.05) is 40.0 Å². The average Bonchev–Trinajstić information content (AvgIpc) is 3.38. The SMILES string of the molecule is COc1ccc(OCCOC(C)(C)CCOC(C)(C)C)c(C(=O)c2ccc(C(=O)N[C@H]3CCNC3)cc2)c1F. The zero-order valence-electron chi connectivity index (χ0n) is 23.8. The van der Waals surface area contributed by atoms with Crippen LogP contribution in [0.4, 0.5) is 4.39 Å². The highest BCUT2D eigenvalue weighted by atomic mass is 19.1. The van der Waals surface area contributed by atoms with E-state index in [0.29, 0.717) is 18.6 Å². The molecule has 8 nitrogen and oxygen atoms in total. The lowest BCUT2D eigenvalue weighted by Crippen LogP contribution is -2.36. The van der Waals surface area contributed by atoms with Crippen molar-refractivity contribution in [1.82, 2.24) is 10.6 Å². The number of ether oxygens (including phenoxy) is 4. The molecule has 0 aromatic heterocycles. The standard InChI is InChI=1S/C30H41FN2O6/c1-29(2,3)38-16-14-30(4,5)39-18-17-37-23-11-12-24(36-6)26(31)25(23)27(34)20-7-9-21(10-8-20)28(35)33-22-13-15-32-19-22/h7-12,22,32H,13-19H2,1-6H3,(H,33,35)/t22-/m0/s1. The average molecular weight is 545 g/mol. The van der Waals surface area contributed by atoms with Gasteiger partial charge in [-0.25, -0.2) is 4.39 Å². The Morgan fingerprint density at radius 2 is 1.62 bits per heavy atom. The molecule has 9 heteroatoms. The summed E-state index contributed by atoms with van der Waals surface area (Å²) in [6.07, 6.45) is 1.56. The van der Waals surface area contributed by atoms with Crippen molar-refractivity contribution in [3.05, 3.63) is 58.9 Å². The molecule has 1 heterocycles. The number of carbonyl (C=O) groups excluding carboxylic acids is 2. The highest BCUT2D eigenvalue weighted by molar-refractivity contribution is 6.11. The zero-order valence-corrected chi connectivity index (χ0v) is 23.8. The van der Waals surface area contributed by atoms with Gasteiger partial charge in [0.2, 0.25) is 0 Å². The van der Waals surface area contributed by atoms with E-state index in [9.17, 15) is 9.59 Å². The normalized spacial score (nSPS) is 15.7. The van der Waals surface area contributed by atoms with Crippen LogP contribution < -0.4 is 20.1 Å². The quantitative estimate of drug-likeness (QED) is 0.283. The predicted octanol–water partition coefficient (Wildman–Crippen LogP) is 4.54. The first-order valence-corrected chi connectivity index (χ1v) is 13.3. The van der Waals surface area contributed by atoms with E-state index >= 15 is 4.39 Å². The van der Waals surface area contributed by atoms with Crippen LogP contribution in [0.15, 0.2) is 36.4 Å². The van der Waals surface area contributed by atoms with Gasteiger partial charge in [0.25, 0.3) is 5.91 Å². The number of nitrogens with one attached hydrogen (secondary N) is 2. The van der Waals surface area contributed by atoms with E-state index in [0.717, 1.165) is 19.5 Å². The third-order valence-corrected chi connectivity index (χ3v) is 6.39. The second kappa shape index (κ2) is 13.4. The number of hydrogen-bond acceptors (Lipinski definition) is 7. The molecule has 214 valence electrons. The van der Waals surface area contributed by atoms with Gasteiger partial charge in [-0.2, -0.15) is 0 Å². The van der Waals surface area contributed by atoms with Crippen LogP contribution in [0.5, 0.6) is 11.5 Å². The topological polar surface area (TPSA) is 95.1 Å². The molecule has 0 bridgehead atoms. The summed E-state index contributed by atoms with van der Waals surface area (Å²) in [5.74, 6) is -1.58. The van der Waals surface area contributed by atoms with Crippen molar-refractivity contribution in [2.45, 2.75) is 64.7 Å². The maximum Gasteiger partial charge on any atom is 0.251 e. The molecule has 1 aliphatic rings. The van der Waals surface area contributed by atoms with Crippen LogP contribution in [0.1, 0.15) is 73.7 Å². The molecule has 2 N–H and O–H groups in total. The van der Waals surface area contributed by atoms with Gasteiger partial charge in [-0.15, -0.1) is 0 Å². The fraction of sp³-hybridized carbons (Fsp3) is 0.533. The summed E-state index contributed by atoms with van der Waals surface area (Å²) in [4.78, 5) is 25.9. The van der Waals surface area contributed by atoms with Crippen molar-refractivity contribution in [2.24, 2.45) is 0 Å². The summed E-state index contributed by atoms with van der Waals surface area (Å²) in [7, 11) is 1.33. The molecule has 1 amide bonds. The van der Waals surface area contributed by atoms with E-state index in [1.165, 1.54) is 31.4 Å². The summed E-state index contributed by atoms with van der Waals surface area (Å²) >= 11 is 0. The Bertz CT molecular complexity index is 1120. The summed E-state index contributed by atoms with van der Waals surface area (Å²) in [5, 5.41) is 6.16. The third kappa shape index (κ3) is 9.02. The summed E-state index contributed by atoms with van der Waals surface area (Å²) in [6.45, 7) is 12.4. The minimum Gasteiger partial charge on any atom is -0.494 e. The maximum absolute atomic E-state index is 15.3. The summed E-state index contributed by atoms with van der Waals surface area (Å²) < 4.78 is 37.9. The highest BCUT2D eigenvalue weighted by Crippen LogP contribution is 2.31. The van der Waals surface area contributed by atoms with Crippen LogP contribution in [-0.4, -0.2) is 69.0 Å². The molecule has 0 aliphatic carbocycles. The smallest absolute Gasteiger partial charge is 0.251 e. The first kappa shape index (κ1) is 30.5. The number of carbonyl (C=O) groups is 2. The van der Waals surface area contributed by atoms with Crippen LogP contribution in [0.2, 0.25) is 0 Å². The molecular formula is C30H41FN2O6. The summed E-state index contributed by atoms with van der Waals surface area (Å²) in [6, 6.07) is 9.15. The minimum absolute atomic E-state index is 0.0666. The maximum atomic E-state index is 15.3. The number of amides is 1. The van der Waals surface area contributed by atoms with E-state index < -0.39 is 17.2 Å². The Kier molecular flexibility index (Phi) is 10.5. The van der Waals surface area contributed by atoms with E-state index in [4.69, 9.17) is 18.9 Å². The molecule has 0 radical (unpaired) electrons. The van der Waals surface area contributed by atoms with Crippen molar-refractivity contribution >= 4 is 11.7 Å². The molecule has 1 fully saturated rings. The molecule has 0 spiro atoms. The van der Waals surface area contributed by atoms with Crippen LogP contribution in [-0.2, 0) is 9.47 Å². The lowest BCUT2D eigenvalue weighted by atomic mass is 10.00. The number of hydrogen-bond donors (Lipinski definition) is 2. The molecule has 0 unspecified atom stereocenters. The van der Waals surface area contributed by atoms with Gasteiger partial charge in [-0.05, 0) is 78.3 Å². The fourth-order valence-electron chi connectivity index (χ4n) is 4.14. The van der Waals surface area contributed by atoms with Gasteiger partial charge in [0, 0.05) is 30.3 Å². The van der Waals surface area contributed by atoms with Gasteiger partial charge in [0.1, 0.15) is 17.9 Å². The second-order valence-corrected chi connectivity index (χ2v) is 11.2. The molecule has 3 rings (SSSR count). The van der Waals surface area contributed by atoms with Crippen molar-refractivity contribution in [1.29, 1.82) is 0 Å². The molecule has 1 saturated heterocycles. The monoisotopic (exact) mass is 544 g/mol.